The molecule has 2 amide bonds. The van der Waals surface area contributed by atoms with Gasteiger partial charge in [-0.2, -0.15) is 0 Å². The van der Waals surface area contributed by atoms with E-state index in [9.17, 15) is 29.1 Å². The van der Waals surface area contributed by atoms with Crippen molar-refractivity contribution in [2.45, 2.75) is 65.0 Å². The van der Waals surface area contributed by atoms with Gasteiger partial charge < -0.3 is 30.8 Å². The molecule has 278 valence electrons. The van der Waals surface area contributed by atoms with Crippen molar-refractivity contribution in [1.82, 2.24) is 4.90 Å². The molecule has 1 aromatic rings. The van der Waals surface area contributed by atoms with E-state index in [1.165, 1.54) is 57.6 Å². The van der Waals surface area contributed by atoms with Gasteiger partial charge in [-0.25, -0.2) is 4.79 Å². The number of ether oxygens (including phenoxy) is 3. The summed E-state index contributed by atoms with van der Waals surface area (Å²) in [6.45, 7) is 6.09. The van der Waals surface area contributed by atoms with E-state index in [2.05, 4.69) is 10.0 Å². The molecule has 0 radical (unpaired) electrons. The first-order chi connectivity index (χ1) is 24.5. The van der Waals surface area contributed by atoms with Gasteiger partial charge in [-0.3, -0.25) is 24.1 Å². The minimum atomic E-state index is -1.06. The van der Waals surface area contributed by atoms with E-state index in [0.717, 1.165) is 11.0 Å². The average Bonchev–Trinajstić information content (AvgIpc) is 3.10. The number of rotatable bonds is 7. The van der Waals surface area contributed by atoms with Gasteiger partial charge in [-0.15, -0.1) is 0 Å². The predicted molar refractivity (Wildman–Crippen MR) is 200 cm³/mol. The Hall–Kier alpha value is -4.61. The fourth-order valence-corrected chi connectivity index (χ4v) is 6.62. The van der Waals surface area contributed by atoms with Crippen LogP contribution < -0.4 is 11.5 Å². The molecule has 2 bridgehead atoms. The van der Waals surface area contributed by atoms with Crippen molar-refractivity contribution in [2.24, 2.45) is 28.4 Å². The lowest BCUT2D eigenvalue weighted by atomic mass is 9.85. The fraction of sp³-hybridized carbons (Fsp3) is 0.417. The Morgan fingerprint density at radius 3 is 2.44 bits per heavy atom. The lowest BCUT2D eigenvalue weighted by Gasteiger charge is -2.30. The SMILES string of the molecule is COC1/C=C\C=C(/C)C(=O)N(CC(=O)c2ccc(N=[N+]=[N-])c(I)c2)C2=CC(=O)C(N)=C(C[C@@H](C)C[C@H](OC)[C@H](O)[C@@H](C)/C=C(\C)[C@@H]1OC(N)=O)C2=O. The van der Waals surface area contributed by atoms with Crippen LogP contribution in [0.2, 0.25) is 0 Å². The van der Waals surface area contributed by atoms with E-state index < -0.39 is 66.2 Å². The molecule has 15 nitrogen and oxygen atoms in total. The Labute approximate surface area is 315 Å². The lowest BCUT2D eigenvalue weighted by Crippen LogP contribution is -2.41. The molecule has 1 unspecified atom stereocenters. The van der Waals surface area contributed by atoms with E-state index in [4.69, 9.17) is 31.2 Å². The Morgan fingerprint density at radius 2 is 1.85 bits per heavy atom. The number of azide groups is 1. The molecule has 0 spiro atoms. The molecule has 3 rings (SSSR count). The Morgan fingerprint density at radius 1 is 1.15 bits per heavy atom. The van der Waals surface area contributed by atoms with Crippen LogP contribution >= 0.6 is 22.6 Å². The van der Waals surface area contributed by atoms with Gasteiger partial charge in [0.15, 0.2) is 11.9 Å². The highest BCUT2D eigenvalue weighted by molar-refractivity contribution is 14.1. The second-order valence-corrected chi connectivity index (χ2v) is 13.8. The number of aliphatic hydroxyl groups is 1. The van der Waals surface area contributed by atoms with Crippen LogP contribution in [-0.2, 0) is 28.6 Å². The molecular weight excluding hydrogens is 787 g/mol. The summed E-state index contributed by atoms with van der Waals surface area (Å²) in [6, 6.07) is 4.36. The van der Waals surface area contributed by atoms with Crippen LogP contribution in [-0.4, -0.2) is 84.5 Å². The summed E-state index contributed by atoms with van der Waals surface area (Å²) in [5.74, 6) is -3.61. The number of hydrogen-bond donors (Lipinski definition) is 3. The number of Topliss-reactive ketones (excluding diaryl/α,β-unsaturated/α-hetero) is 2. The summed E-state index contributed by atoms with van der Waals surface area (Å²) >= 11 is 1.91. The maximum Gasteiger partial charge on any atom is 0.405 e. The number of nitrogens with two attached hydrogens (primary N) is 2. The third-order valence-corrected chi connectivity index (χ3v) is 9.67. The zero-order valence-electron chi connectivity index (χ0n) is 29.7. The molecule has 16 heteroatoms. The van der Waals surface area contributed by atoms with E-state index in [-0.39, 0.29) is 46.9 Å². The number of allylic oxidation sites excluding steroid dienone is 4. The van der Waals surface area contributed by atoms with Gasteiger partial charge in [0.2, 0.25) is 11.6 Å². The molecule has 1 heterocycles. The number of methoxy groups -OCH3 is 2. The lowest BCUT2D eigenvalue weighted by molar-refractivity contribution is -0.128. The standard InChI is InChI=1S/C36H43IN6O9/c1-18-12-23-31(38)27(44)16-26(33(23)47)43(17-28(45)22-10-11-25(41-42-40)24(37)15-22)35(48)19(2)8-7-9-29(50-5)34(52-36(39)49)21(4)14-20(3)32(46)30(13-18)51-6/h7-11,14-16,18,20,29-30,32,34,46H,12-13,17,38H2,1-6H3,(H2,39,49)/b9-7-,19-8+,21-14+/t18-,20+,29?,30+,32-,34+/m1/s1. The highest BCUT2D eigenvalue weighted by Gasteiger charge is 2.36. The third-order valence-electron chi connectivity index (χ3n) is 8.81. The van der Waals surface area contributed by atoms with Crippen molar-refractivity contribution < 1.29 is 43.3 Å². The van der Waals surface area contributed by atoms with Gasteiger partial charge in [-0.05, 0) is 72.4 Å². The molecule has 0 saturated heterocycles. The number of fused-ring (bicyclic) bond motifs is 2. The highest BCUT2D eigenvalue weighted by Crippen LogP contribution is 2.31. The molecule has 5 N–H and O–H groups in total. The highest BCUT2D eigenvalue weighted by atomic mass is 127. The number of hydrogen-bond acceptors (Lipinski definition) is 11. The molecule has 0 saturated carbocycles. The van der Waals surface area contributed by atoms with E-state index in [1.807, 2.05) is 22.6 Å². The minimum Gasteiger partial charge on any atom is -0.439 e. The monoisotopic (exact) mass is 830 g/mol. The first-order valence-corrected chi connectivity index (χ1v) is 17.3. The number of halogens is 1. The number of ketones is 3. The molecule has 6 atom stereocenters. The molecule has 1 aromatic carbocycles. The number of nitrogens with zero attached hydrogens (tertiary/aromatic N) is 4. The molecule has 0 aromatic heterocycles. The van der Waals surface area contributed by atoms with Gasteiger partial charge in [0.25, 0.3) is 5.91 Å². The number of aliphatic hydroxyl groups excluding tert-OH is 1. The Balaban J connectivity index is 2.20. The summed E-state index contributed by atoms with van der Waals surface area (Å²) in [4.78, 5) is 70.8. The molecular formula is C36H43IN6O9. The molecule has 2 aliphatic rings. The summed E-state index contributed by atoms with van der Waals surface area (Å²) < 4.78 is 17.1. The van der Waals surface area contributed by atoms with Gasteiger partial charge in [0, 0.05) is 51.4 Å². The summed E-state index contributed by atoms with van der Waals surface area (Å²) in [5.41, 5.74) is 20.8. The van der Waals surface area contributed by atoms with Crippen LogP contribution in [0, 0.1) is 15.4 Å². The van der Waals surface area contributed by atoms with Crippen LogP contribution in [0.15, 0.2) is 81.8 Å². The van der Waals surface area contributed by atoms with Gasteiger partial charge in [-0.1, -0.05) is 55.4 Å². The zero-order valence-corrected chi connectivity index (χ0v) is 31.9. The fourth-order valence-electron chi connectivity index (χ4n) is 6.00. The number of amides is 2. The Kier molecular flexibility index (Phi) is 15.1. The van der Waals surface area contributed by atoms with Crippen LogP contribution in [0.3, 0.4) is 0 Å². The Bertz CT molecular complexity index is 1810. The molecule has 1 aliphatic carbocycles. The van der Waals surface area contributed by atoms with E-state index in [0.29, 0.717) is 14.8 Å². The second-order valence-electron chi connectivity index (χ2n) is 12.7. The van der Waals surface area contributed by atoms with Crippen LogP contribution in [0.5, 0.6) is 0 Å². The van der Waals surface area contributed by atoms with Crippen molar-refractivity contribution in [3.05, 3.63) is 96.3 Å². The van der Waals surface area contributed by atoms with Crippen LogP contribution in [0.25, 0.3) is 10.4 Å². The largest absolute Gasteiger partial charge is 0.439 e. The maximum atomic E-state index is 14.1. The van der Waals surface area contributed by atoms with Crippen LogP contribution in [0.4, 0.5) is 10.5 Å². The van der Waals surface area contributed by atoms with Crippen molar-refractivity contribution in [3.8, 4) is 0 Å². The first kappa shape index (κ1) is 41.8. The van der Waals surface area contributed by atoms with Gasteiger partial charge in [0.1, 0.15) is 6.10 Å². The summed E-state index contributed by atoms with van der Waals surface area (Å²) in [6.07, 6.45) is 2.58. The summed E-state index contributed by atoms with van der Waals surface area (Å²) in [5, 5.41) is 14.9. The number of primary amides is 1. The van der Waals surface area contributed by atoms with Crippen molar-refractivity contribution >= 4 is 57.6 Å². The number of carbonyl (C=O) groups is 5. The van der Waals surface area contributed by atoms with E-state index >= 15 is 0 Å². The number of carbonyl (C=O) groups excluding carboxylic acids is 5. The van der Waals surface area contributed by atoms with Crippen LogP contribution in [0.1, 0.15) is 50.9 Å². The van der Waals surface area contributed by atoms with Gasteiger partial charge >= 0.3 is 6.09 Å². The minimum absolute atomic E-state index is 0.000221. The smallest absolute Gasteiger partial charge is 0.405 e. The number of benzene rings is 1. The molecule has 52 heavy (non-hydrogen) atoms. The quantitative estimate of drug-likeness (QED) is 0.0642. The molecule has 0 fully saturated rings. The first-order valence-electron chi connectivity index (χ1n) is 16.3. The normalized spacial score (nSPS) is 27.8. The zero-order chi connectivity index (χ0) is 38.9. The molecule has 1 aliphatic heterocycles. The van der Waals surface area contributed by atoms with Crippen molar-refractivity contribution in [2.75, 3.05) is 20.8 Å². The van der Waals surface area contributed by atoms with Gasteiger partial charge in [0.05, 0.1) is 35.8 Å². The van der Waals surface area contributed by atoms with Crippen molar-refractivity contribution in [1.29, 1.82) is 0 Å². The second kappa shape index (κ2) is 18.8. The maximum absolute atomic E-state index is 14.1. The topological polar surface area (TPSA) is 237 Å². The third kappa shape index (κ3) is 10.3. The van der Waals surface area contributed by atoms with E-state index in [1.54, 1.807) is 26.8 Å². The summed E-state index contributed by atoms with van der Waals surface area (Å²) in [7, 11) is 2.83. The average molecular weight is 831 g/mol. The van der Waals surface area contributed by atoms with Crippen molar-refractivity contribution in [3.63, 3.8) is 0 Å². The predicted octanol–water partition coefficient (Wildman–Crippen LogP) is 4.86.